The van der Waals surface area contributed by atoms with Crippen molar-refractivity contribution in [3.8, 4) is 0 Å². The molecule has 0 aromatic heterocycles. The molecule has 1 saturated heterocycles. The number of hydrogen-bond acceptors (Lipinski definition) is 4. The summed E-state index contributed by atoms with van der Waals surface area (Å²) >= 11 is 3.57. The van der Waals surface area contributed by atoms with Crippen LogP contribution in [0, 0.1) is 23.7 Å². The third-order valence-corrected chi connectivity index (χ3v) is 7.92. The minimum atomic E-state index is -4.60. The molecule has 1 aliphatic heterocycles. The first-order valence-corrected chi connectivity index (χ1v) is 11.3. The first-order valence-electron chi connectivity index (χ1n) is 10.4. The van der Waals surface area contributed by atoms with Gasteiger partial charge in [-0.25, -0.2) is 0 Å². The quantitative estimate of drug-likeness (QED) is 0.458. The van der Waals surface area contributed by atoms with Gasteiger partial charge in [-0.15, -0.1) is 0 Å². The number of halogens is 4. The molecule has 172 valence electrons. The summed E-state index contributed by atoms with van der Waals surface area (Å²) in [4.78, 5) is 37.6. The Labute approximate surface area is 195 Å². The van der Waals surface area contributed by atoms with Crippen LogP contribution in [-0.4, -0.2) is 28.7 Å². The second-order valence-corrected chi connectivity index (χ2v) is 9.58. The zero-order chi connectivity index (χ0) is 23.5. The second-order valence-electron chi connectivity index (χ2n) is 8.52. The van der Waals surface area contributed by atoms with Gasteiger partial charge in [-0.2, -0.15) is 13.2 Å². The molecule has 0 radical (unpaired) electrons. The Balaban J connectivity index is 1.27. The SMILES string of the molecule is O=C(Nc1ccccc1C(F)(F)F)c1ccc(NC(=O)[C@@H]2[C@H]3C[C@H]4[C@H](OC(=O)[C@@H]42)[C@H]3Br)cc1. The van der Waals surface area contributed by atoms with Gasteiger partial charge in [-0.05, 0) is 48.7 Å². The van der Waals surface area contributed by atoms with Crippen LogP contribution in [0.5, 0.6) is 0 Å². The molecule has 2 N–H and O–H groups in total. The molecule has 2 aliphatic carbocycles. The molecule has 2 aromatic rings. The average molecular weight is 523 g/mol. The van der Waals surface area contributed by atoms with E-state index in [9.17, 15) is 27.6 Å². The fraction of sp³-hybridized carbons (Fsp3) is 0.348. The molecule has 2 amide bonds. The van der Waals surface area contributed by atoms with E-state index in [0.29, 0.717) is 5.69 Å². The van der Waals surface area contributed by atoms with Crippen molar-refractivity contribution in [3.05, 3.63) is 59.7 Å². The van der Waals surface area contributed by atoms with Crippen molar-refractivity contribution in [1.29, 1.82) is 0 Å². The lowest BCUT2D eigenvalue weighted by molar-refractivity contribution is -0.145. The van der Waals surface area contributed by atoms with Crippen LogP contribution in [0.15, 0.2) is 48.5 Å². The number of alkyl halides is 4. The molecule has 3 fully saturated rings. The smallest absolute Gasteiger partial charge is 0.418 e. The molecule has 3 aliphatic rings. The number of anilines is 2. The standard InChI is InChI=1S/C23H18BrF3N2O4/c24-18-12-9-13-17(22(32)33-19(13)18)16(12)21(31)28-11-7-5-10(6-8-11)20(30)29-15-4-2-1-3-14(15)23(25,26)27/h1-8,12-13,16-19H,9H2,(H,28,31)(H,29,30)/t12-,13-,16-,17+,18+,19+/m1/s1. The summed E-state index contributed by atoms with van der Waals surface area (Å²) < 4.78 is 44.8. The van der Waals surface area contributed by atoms with E-state index < -0.39 is 29.5 Å². The molecular weight excluding hydrogens is 505 g/mol. The van der Waals surface area contributed by atoms with Gasteiger partial charge in [0.25, 0.3) is 5.91 Å². The molecule has 6 atom stereocenters. The highest BCUT2D eigenvalue weighted by atomic mass is 79.9. The Bertz CT molecular complexity index is 1140. The Morgan fingerprint density at radius 2 is 1.70 bits per heavy atom. The molecule has 6 nitrogen and oxygen atoms in total. The summed E-state index contributed by atoms with van der Waals surface area (Å²) in [7, 11) is 0. The largest absolute Gasteiger partial charge is 0.461 e. The molecule has 2 bridgehead atoms. The normalized spacial score (nSPS) is 29.6. The Hall–Kier alpha value is -2.88. The third-order valence-electron chi connectivity index (χ3n) is 6.72. The van der Waals surface area contributed by atoms with Gasteiger partial charge in [0.05, 0.1) is 27.9 Å². The zero-order valence-electron chi connectivity index (χ0n) is 16.9. The van der Waals surface area contributed by atoms with Crippen LogP contribution in [-0.2, 0) is 20.5 Å². The molecule has 1 heterocycles. The van der Waals surface area contributed by atoms with Gasteiger partial charge in [0.15, 0.2) is 0 Å². The minimum Gasteiger partial charge on any atom is -0.461 e. The lowest BCUT2D eigenvalue weighted by Gasteiger charge is -2.27. The molecule has 5 rings (SSSR count). The maximum atomic E-state index is 13.1. The highest BCUT2D eigenvalue weighted by molar-refractivity contribution is 9.09. The lowest BCUT2D eigenvalue weighted by Crippen LogP contribution is -2.40. The van der Waals surface area contributed by atoms with Gasteiger partial charge >= 0.3 is 12.1 Å². The van der Waals surface area contributed by atoms with Gasteiger partial charge < -0.3 is 15.4 Å². The number of fused-ring (bicyclic) bond motifs is 1. The van der Waals surface area contributed by atoms with Crippen molar-refractivity contribution in [3.63, 3.8) is 0 Å². The molecule has 2 aromatic carbocycles. The topological polar surface area (TPSA) is 84.5 Å². The lowest BCUT2D eigenvalue weighted by atomic mass is 9.79. The van der Waals surface area contributed by atoms with Crippen LogP contribution < -0.4 is 10.6 Å². The van der Waals surface area contributed by atoms with Crippen LogP contribution in [0.4, 0.5) is 24.5 Å². The first-order chi connectivity index (χ1) is 15.6. The number of para-hydroxylation sites is 1. The predicted octanol–water partition coefficient (Wildman–Crippen LogP) is 4.47. The number of benzene rings is 2. The number of esters is 1. The van der Waals surface area contributed by atoms with Gasteiger partial charge in [0, 0.05) is 17.2 Å². The summed E-state index contributed by atoms with van der Waals surface area (Å²) in [5, 5.41) is 5.07. The third kappa shape index (κ3) is 3.70. The van der Waals surface area contributed by atoms with Crippen molar-refractivity contribution >= 4 is 45.1 Å². The molecule has 10 heteroatoms. The summed E-state index contributed by atoms with van der Waals surface area (Å²) in [6, 6.07) is 10.5. The van der Waals surface area contributed by atoms with E-state index in [2.05, 4.69) is 26.6 Å². The average Bonchev–Trinajstić information content (AvgIpc) is 3.38. The molecule has 0 spiro atoms. The Morgan fingerprint density at radius 1 is 1.00 bits per heavy atom. The molecule has 33 heavy (non-hydrogen) atoms. The van der Waals surface area contributed by atoms with E-state index in [1.165, 1.54) is 42.5 Å². The minimum absolute atomic E-state index is 0.00945. The number of hydrogen-bond donors (Lipinski definition) is 2. The number of amides is 2. The van der Waals surface area contributed by atoms with E-state index in [1.807, 2.05) is 0 Å². The molecule has 0 unspecified atom stereocenters. The summed E-state index contributed by atoms with van der Waals surface area (Å²) in [6.07, 6.45) is -4.01. The van der Waals surface area contributed by atoms with E-state index in [1.54, 1.807) is 0 Å². The van der Waals surface area contributed by atoms with Crippen molar-refractivity contribution in [2.24, 2.45) is 23.7 Å². The van der Waals surface area contributed by atoms with Crippen molar-refractivity contribution in [2.75, 3.05) is 10.6 Å². The molecule has 2 saturated carbocycles. The number of carbonyl (C=O) groups is 3. The van der Waals surface area contributed by atoms with Crippen LogP contribution in [0.25, 0.3) is 0 Å². The first kappa shape index (κ1) is 21.9. The highest BCUT2D eigenvalue weighted by Gasteiger charge is 2.67. The maximum absolute atomic E-state index is 13.1. The molecular formula is C23H18BrF3N2O4. The van der Waals surface area contributed by atoms with Crippen LogP contribution in [0.3, 0.4) is 0 Å². The highest BCUT2D eigenvalue weighted by Crippen LogP contribution is 2.60. The summed E-state index contributed by atoms with van der Waals surface area (Å²) in [5.74, 6) is -2.20. The van der Waals surface area contributed by atoms with Crippen LogP contribution >= 0.6 is 15.9 Å². The maximum Gasteiger partial charge on any atom is 0.418 e. The van der Waals surface area contributed by atoms with Gasteiger partial charge in [-0.1, -0.05) is 28.1 Å². The Morgan fingerprint density at radius 3 is 2.39 bits per heavy atom. The van der Waals surface area contributed by atoms with E-state index in [4.69, 9.17) is 4.74 Å². The van der Waals surface area contributed by atoms with Gasteiger partial charge in [0.2, 0.25) is 5.91 Å². The fourth-order valence-electron chi connectivity index (χ4n) is 5.29. The van der Waals surface area contributed by atoms with Crippen LogP contribution in [0.2, 0.25) is 0 Å². The van der Waals surface area contributed by atoms with E-state index in [0.717, 1.165) is 12.5 Å². The predicted molar refractivity (Wildman–Crippen MR) is 116 cm³/mol. The van der Waals surface area contributed by atoms with Crippen molar-refractivity contribution < 1.29 is 32.3 Å². The van der Waals surface area contributed by atoms with Gasteiger partial charge in [0.1, 0.15) is 6.10 Å². The zero-order valence-corrected chi connectivity index (χ0v) is 18.5. The second kappa shape index (κ2) is 7.86. The Kier molecular flexibility index (Phi) is 5.23. The monoisotopic (exact) mass is 522 g/mol. The fourth-order valence-corrected chi connectivity index (χ4v) is 6.34. The summed E-state index contributed by atoms with van der Waals surface area (Å²) in [6.45, 7) is 0. The van der Waals surface area contributed by atoms with Crippen molar-refractivity contribution in [2.45, 2.75) is 23.5 Å². The number of carbonyl (C=O) groups excluding carboxylic acids is 3. The van der Waals surface area contributed by atoms with Crippen molar-refractivity contribution in [1.82, 2.24) is 0 Å². The van der Waals surface area contributed by atoms with Crippen LogP contribution in [0.1, 0.15) is 22.3 Å². The number of ether oxygens (including phenoxy) is 1. The summed E-state index contributed by atoms with van der Waals surface area (Å²) in [5.41, 5.74) is -0.725. The van der Waals surface area contributed by atoms with E-state index in [-0.39, 0.29) is 45.9 Å². The number of rotatable bonds is 4. The number of nitrogens with one attached hydrogen (secondary N) is 2. The van der Waals surface area contributed by atoms with E-state index >= 15 is 0 Å². The van der Waals surface area contributed by atoms with Gasteiger partial charge in [-0.3, -0.25) is 14.4 Å².